The average molecular weight is 269 g/mol. The maximum absolute atomic E-state index is 13.6. The van der Waals surface area contributed by atoms with Crippen molar-refractivity contribution >= 4 is 11.6 Å². The lowest BCUT2D eigenvalue weighted by Gasteiger charge is -2.26. The predicted molar refractivity (Wildman–Crippen MR) is 68.8 cm³/mol. The van der Waals surface area contributed by atoms with Gasteiger partial charge in [-0.2, -0.15) is 0 Å². The summed E-state index contributed by atoms with van der Waals surface area (Å²) in [6.07, 6.45) is 3.18. The molecule has 0 unspecified atom stereocenters. The maximum atomic E-state index is 13.6. The van der Waals surface area contributed by atoms with Crippen LogP contribution < -0.4 is 10.7 Å². The third-order valence-electron chi connectivity index (χ3n) is 3.17. The van der Waals surface area contributed by atoms with Gasteiger partial charge < -0.3 is 5.32 Å². The Balaban J connectivity index is 2.10. The standard InChI is InChI=1S/C13H17F2N3O/c1-16-12-10(14)7-9(8-11(12)15)13(19)17-18-5-3-2-4-6-18/h7-8,16H,2-6H2,1H3,(H,17,19). The van der Waals surface area contributed by atoms with Crippen LogP contribution >= 0.6 is 0 Å². The van der Waals surface area contributed by atoms with Crippen LogP contribution in [0, 0.1) is 11.6 Å². The number of hydrogen-bond donors (Lipinski definition) is 2. The van der Waals surface area contributed by atoms with Gasteiger partial charge >= 0.3 is 0 Å². The molecule has 4 nitrogen and oxygen atoms in total. The zero-order chi connectivity index (χ0) is 13.8. The van der Waals surface area contributed by atoms with Crippen LogP contribution in [0.15, 0.2) is 12.1 Å². The lowest BCUT2D eigenvalue weighted by atomic mass is 10.1. The van der Waals surface area contributed by atoms with Crippen molar-refractivity contribution in [2.45, 2.75) is 19.3 Å². The van der Waals surface area contributed by atoms with Gasteiger partial charge in [0.2, 0.25) is 0 Å². The fraction of sp³-hybridized carbons (Fsp3) is 0.462. The SMILES string of the molecule is CNc1c(F)cc(C(=O)NN2CCCCC2)cc1F. The van der Waals surface area contributed by atoms with Crippen LogP contribution in [0.3, 0.4) is 0 Å². The summed E-state index contributed by atoms with van der Waals surface area (Å²) >= 11 is 0. The molecule has 1 fully saturated rings. The minimum atomic E-state index is -0.772. The van der Waals surface area contributed by atoms with E-state index in [4.69, 9.17) is 0 Å². The van der Waals surface area contributed by atoms with Crippen LogP contribution in [0.4, 0.5) is 14.5 Å². The Morgan fingerprint density at radius 1 is 1.16 bits per heavy atom. The van der Waals surface area contributed by atoms with E-state index in [1.165, 1.54) is 7.05 Å². The highest BCUT2D eigenvalue weighted by atomic mass is 19.1. The monoisotopic (exact) mass is 269 g/mol. The number of nitrogens with one attached hydrogen (secondary N) is 2. The molecule has 1 heterocycles. The molecule has 1 aromatic carbocycles. The summed E-state index contributed by atoms with van der Waals surface area (Å²) in [5.74, 6) is -2.03. The van der Waals surface area contributed by atoms with Gasteiger partial charge in [0, 0.05) is 25.7 Å². The van der Waals surface area contributed by atoms with Crippen LogP contribution in [-0.4, -0.2) is 31.1 Å². The molecule has 1 amide bonds. The molecule has 0 aromatic heterocycles. The number of carbonyl (C=O) groups is 1. The Morgan fingerprint density at radius 2 is 1.74 bits per heavy atom. The molecule has 19 heavy (non-hydrogen) atoms. The normalized spacial score (nSPS) is 16.2. The van der Waals surface area contributed by atoms with Crippen molar-refractivity contribution in [2.75, 3.05) is 25.5 Å². The van der Waals surface area contributed by atoms with Crippen molar-refractivity contribution in [3.8, 4) is 0 Å². The minimum absolute atomic E-state index is 0.0143. The van der Waals surface area contributed by atoms with E-state index in [-0.39, 0.29) is 11.3 Å². The van der Waals surface area contributed by atoms with Crippen molar-refractivity contribution in [2.24, 2.45) is 0 Å². The summed E-state index contributed by atoms with van der Waals surface area (Å²) in [4.78, 5) is 11.9. The van der Waals surface area contributed by atoms with E-state index in [0.29, 0.717) is 0 Å². The highest BCUT2D eigenvalue weighted by Crippen LogP contribution is 2.20. The summed E-state index contributed by atoms with van der Waals surface area (Å²) in [6.45, 7) is 1.54. The number of halogens is 2. The number of hydrogen-bond acceptors (Lipinski definition) is 3. The topological polar surface area (TPSA) is 44.4 Å². The van der Waals surface area contributed by atoms with E-state index >= 15 is 0 Å². The van der Waals surface area contributed by atoms with Crippen LogP contribution in [0.25, 0.3) is 0 Å². The van der Waals surface area contributed by atoms with E-state index in [1.54, 1.807) is 5.01 Å². The molecule has 0 aliphatic carbocycles. The first kappa shape index (κ1) is 13.7. The number of amides is 1. The van der Waals surface area contributed by atoms with Crippen LogP contribution in [0.2, 0.25) is 0 Å². The first-order chi connectivity index (χ1) is 9.11. The van der Waals surface area contributed by atoms with Gasteiger partial charge in [0.25, 0.3) is 5.91 Å². The molecule has 0 spiro atoms. The number of rotatable bonds is 3. The van der Waals surface area contributed by atoms with Gasteiger partial charge in [-0.1, -0.05) is 6.42 Å². The molecule has 1 aliphatic rings. The Hall–Kier alpha value is -1.69. The summed E-state index contributed by atoms with van der Waals surface area (Å²) in [6, 6.07) is 2.07. The Labute approximate surface area is 110 Å². The molecular weight excluding hydrogens is 252 g/mol. The highest BCUT2D eigenvalue weighted by molar-refractivity contribution is 5.94. The largest absolute Gasteiger partial charge is 0.383 e. The molecule has 0 saturated carbocycles. The molecular formula is C13H17F2N3O. The first-order valence-electron chi connectivity index (χ1n) is 6.34. The second-order valence-electron chi connectivity index (χ2n) is 4.55. The molecule has 2 rings (SSSR count). The number of carbonyl (C=O) groups excluding carboxylic acids is 1. The van der Waals surface area contributed by atoms with Gasteiger partial charge in [-0.25, -0.2) is 13.8 Å². The third kappa shape index (κ3) is 3.20. The second kappa shape index (κ2) is 5.97. The third-order valence-corrected chi connectivity index (χ3v) is 3.17. The molecule has 0 radical (unpaired) electrons. The average Bonchev–Trinajstić information content (AvgIpc) is 2.39. The van der Waals surface area contributed by atoms with Gasteiger partial charge in [0.05, 0.1) is 0 Å². The number of hydrazine groups is 1. The van der Waals surface area contributed by atoms with Crippen molar-refractivity contribution in [1.82, 2.24) is 10.4 Å². The fourth-order valence-electron chi connectivity index (χ4n) is 2.16. The second-order valence-corrected chi connectivity index (χ2v) is 4.55. The number of benzene rings is 1. The van der Waals surface area contributed by atoms with E-state index in [0.717, 1.165) is 44.5 Å². The molecule has 1 aliphatic heterocycles. The summed E-state index contributed by atoms with van der Waals surface area (Å²) < 4.78 is 27.1. The molecule has 2 N–H and O–H groups in total. The molecule has 1 aromatic rings. The lowest BCUT2D eigenvalue weighted by Crippen LogP contribution is -2.45. The Morgan fingerprint density at radius 3 is 2.26 bits per heavy atom. The van der Waals surface area contributed by atoms with Crippen LogP contribution in [-0.2, 0) is 0 Å². The lowest BCUT2D eigenvalue weighted by molar-refractivity contribution is 0.0749. The van der Waals surface area contributed by atoms with Gasteiger partial charge in [-0.05, 0) is 25.0 Å². The van der Waals surface area contributed by atoms with E-state index < -0.39 is 17.5 Å². The number of anilines is 1. The zero-order valence-corrected chi connectivity index (χ0v) is 10.8. The molecule has 1 saturated heterocycles. The van der Waals surface area contributed by atoms with E-state index in [2.05, 4.69) is 10.7 Å². The quantitative estimate of drug-likeness (QED) is 0.883. The fourth-order valence-corrected chi connectivity index (χ4v) is 2.16. The highest BCUT2D eigenvalue weighted by Gasteiger charge is 2.17. The smallest absolute Gasteiger partial charge is 0.265 e. The zero-order valence-electron chi connectivity index (χ0n) is 10.8. The van der Waals surface area contributed by atoms with Gasteiger partial charge in [-0.3, -0.25) is 10.2 Å². The van der Waals surface area contributed by atoms with E-state index in [9.17, 15) is 13.6 Å². The number of nitrogens with zero attached hydrogens (tertiary/aromatic N) is 1. The molecule has 104 valence electrons. The van der Waals surface area contributed by atoms with Gasteiger partial charge in [-0.15, -0.1) is 0 Å². The van der Waals surface area contributed by atoms with E-state index in [1.807, 2.05) is 0 Å². The van der Waals surface area contributed by atoms with Crippen molar-refractivity contribution in [1.29, 1.82) is 0 Å². The molecule has 6 heteroatoms. The van der Waals surface area contributed by atoms with Crippen molar-refractivity contribution in [3.05, 3.63) is 29.3 Å². The first-order valence-corrected chi connectivity index (χ1v) is 6.34. The Kier molecular flexibility index (Phi) is 4.31. The predicted octanol–water partition coefficient (Wildman–Crippen LogP) is 2.14. The van der Waals surface area contributed by atoms with Gasteiger partial charge in [0.15, 0.2) is 0 Å². The Bertz CT molecular complexity index is 450. The van der Waals surface area contributed by atoms with Crippen LogP contribution in [0.1, 0.15) is 29.6 Å². The molecule has 0 atom stereocenters. The van der Waals surface area contributed by atoms with Crippen molar-refractivity contribution < 1.29 is 13.6 Å². The van der Waals surface area contributed by atoms with Crippen LogP contribution in [0.5, 0.6) is 0 Å². The minimum Gasteiger partial charge on any atom is -0.383 e. The maximum Gasteiger partial charge on any atom is 0.265 e. The van der Waals surface area contributed by atoms with Gasteiger partial charge in [0.1, 0.15) is 17.3 Å². The molecule has 0 bridgehead atoms. The number of piperidine rings is 1. The summed E-state index contributed by atoms with van der Waals surface area (Å²) in [5, 5.41) is 4.20. The van der Waals surface area contributed by atoms with Crippen molar-refractivity contribution in [3.63, 3.8) is 0 Å². The summed E-state index contributed by atoms with van der Waals surface area (Å²) in [5.41, 5.74) is 2.43. The summed E-state index contributed by atoms with van der Waals surface area (Å²) in [7, 11) is 1.43.